The van der Waals surface area contributed by atoms with Crippen LogP contribution in [0.15, 0.2) is 0 Å². The zero-order valence-electron chi connectivity index (χ0n) is 23.2. The van der Waals surface area contributed by atoms with Crippen LogP contribution in [0.1, 0.15) is 50.3 Å². The van der Waals surface area contributed by atoms with E-state index in [1.807, 2.05) is 0 Å². The summed E-state index contributed by atoms with van der Waals surface area (Å²) in [6.07, 6.45) is -16.4. The van der Waals surface area contributed by atoms with Gasteiger partial charge in [-0.25, -0.2) is 14.4 Å². The number of fused-ring (bicyclic) bond motifs is 1. The Hall–Kier alpha value is -5.57. The average molecular weight is 668 g/mol. The summed E-state index contributed by atoms with van der Waals surface area (Å²) >= 11 is 0. The maximum Gasteiger partial charge on any atom is 0.339 e. The van der Waals surface area contributed by atoms with Gasteiger partial charge in [-0.2, -0.15) is 0 Å². The number of benzene rings is 2. The first kappa shape index (κ1) is 32.8. The van der Waals surface area contributed by atoms with E-state index < -0.39 is 159 Å². The quantitative estimate of drug-likeness (QED) is 0.0896. The number of carboxylic acids is 2. The lowest BCUT2D eigenvalue weighted by Gasteiger charge is -2.39. The lowest BCUT2D eigenvalue weighted by atomic mass is 9.74. The predicted molar refractivity (Wildman–Crippen MR) is 140 cm³/mol. The largest absolute Gasteiger partial charge is 0.504 e. The molecule has 0 amide bonds. The van der Waals surface area contributed by atoms with Crippen LogP contribution in [0.2, 0.25) is 0 Å². The van der Waals surface area contributed by atoms with Crippen molar-refractivity contribution in [2.75, 3.05) is 6.61 Å². The molecular formula is C27H24O20. The molecule has 20 heteroatoms. The van der Waals surface area contributed by atoms with Crippen LogP contribution in [0.3, 0.4) is 0 Å². The Bertz CT molecular complexity index is 1750. The van der Waals surface area contributed by atoms with Gasteiger partial charge in [0.25, 0.3) is 0 Å². The van der Waals surface area contributed by atoms with Gasteiger partial charge < -0.3 is 75.5 Å². The minimum absolute atomic E-state index is 0.982. The van der Waals surface area contributed by atoms with E-state index in [2.05, 4.69) is 0 Å². The number of phenols is 6. The first-order chi connectivity index (χ1) is 22.0. The molecule has 0 saturated carbocycles. The number of carboxylic acid groups (broad SMARTS) is 2. The van der Waals surface area contributed by atoms with Gasteiger partial charge in [-0.3, -0.25) is 9.59 Å². The molecule has 0 fully saturated rings. The van der Waals surface area contributed by atoms with Crippen molar-refractivity contribution in [3.63, 3.8) is 0 Å². The number of aliphatic hydroxyl groups is 4. The summed E-state index contributed by atoms with van der Waals surface area (Å²) in [6.45, 7) is -1.37. The van der Waals surface area contributed by atoms with Crippen LogP contribution in [0, 0.1) is 5.92 Å². The van der Waals surface area contributed by atoms with Crippen LogP contribution in [-0.4, -0.2) is 128 Å². The number of carbonyl (C=O) groups is 5. The highest BCUT2D eigenvalue weighted by atomic mass is 16.6. The van der Waals surface area contributed by atoms with Gasteiger partial charge in [0, 0.05) is 28.2 Å². The molecule has 4 heterocycles. The second kappa shape index (κ2) is 11.3. The van der Waals surface area contributed by atoms with Gasteiger partial charge in [0.1, 0.15) is 12.2 Å². The fraction of sp³-hybridized carbons (Fsp3) is 0.370. The molecule has 4 aliphatic rings. The summed E-state index contributed by atoms with van der Waals surface area (Å²) in [4.78, 5) is 65.1. The fourth-order valence-electron chi connectivity index (χ4n) is 6.09. The van der Waals surface area contributed by atoms with Gasteiger partial charge in [0.05, 0.1) is 30.1 Å². The SMILES string of the molecule is O=C(O)CC1C(=O)OC(CO)C(O)C2OC(=O)c3c(c(O)c(O)c(O)c3C1C(O)C(=O)O)-c1c(O)c(O)c(O)c3c1C(=O)OC2C3O. The lowest BCUT2D eigenvalue weighted by Crippen LogP contribution is -2.54. The number of esters is 3. The van der Waals surface area contributed by atoms with Gasteiger partial charge >= 0.3 is 29.8 Å². The lowest BCUT2D eigenvalue weighted by molar-refractivity contribution is -0.183. The van der Waals surface area contributed by atoms with Crippen molar-refractivity contribution in [2.24, 2.45) is 5.92 Å². The number of ether oxygens (including phenoxy) is 3. The van der Waals surface area contributed by atoms with E-state index in [-0.39, 0.29) is 0 Å². The van der Waals surface area contributed by atoms with Gasteiger partial charge in [-0.15, -0.1) is 0 Å². The molecule has 6 rings (SSSR count). The summed E-state index contributed by atoms with van der Waals surface area (Å²) in [5, 5.41) is 128. The number of aromatic hydroxyl groups is 6. The Morgan fingerprint density at radius 1 is 0.681 bits per heavy atom. The molecule has 0 radical (unpaired) electrons. The number of aliphatic carboxylic acids is 2. The van der Waals surface area contributed by atoms with E-state index >= 15 is 0 Å². The molecule has 0 spiro atoms. The molecular weight excluding hydrogens is 644 g/mol. The summed E-state index contributed by atoms with van der Waals surface area (Å²) in [7, 11) is 0. The normalized spacial score (nSPS) is 27.2. The fourth-order valence-corrected chi connectivity index (χ4v) is 6.09. The molecule has 2 aromatic rings. The molecule has 8 unspecified atom stereocenters. The van der Waals surface area contributed by atoms with E-state index in [0.29, 0.717) is 0 Å². The van der Waals surface area contributed by atoms with Crippen LogP contribution in [0.4, 0.5) is 0 Å². The first-order valence-corrected chi connectivity index (χ1v) is 13.3. The zero-order chi connectivity index (χ0) is 35.0. The molecule has 4 aliphatic heterocycles. The van der Waals surface area contributed by atoms with Crippen molar-refractivity contribution in [3.05, 3.63) is 22.3 Å². The van der Waals surface area contributed by atoms with Crippen molar-refractivity contribution in [3.8, 4) is 45.6 Å². The minimum Gasteiger partial charge on any atom is -0.504 e. The summed E-state index contributed by atoms with van der Waals surface area (Å²) < 4.78 is 15.5. The van der Waals surface area contributed by atoms with Crippen molar-refractivity contribution in [1.29, 1.82) is 0 Å². The van der Waals surface area contributed by atoms with Crippen molar-refractivity contribution in [2.45, 2.75) is 49.0 Å². The van der Waals surface area contributed by atoms with E-state index in [1.54, 1.807) is 0 Å². The highest BCUT2D eigenvalue weighted by Gasteiger charge is 2.55. The molecule has 6 bridgehead atoms. The molecule has 252 valence electrons. The van der Waals surface area contributed by atoms with Gasteiger partial charge in [0.15, 0.2) is 47.4 Å². The molecule has 47 heavy (non-hydrogen) atoms. The average Bonchev–Trinajstić information content (AvgIpc) is 3.02. The maximum absolute atomic E-state index is 14.1. The van der Waals surface area contributed by atoms with Crippen LogP contribution >= 0.6 is 0 Å². The zero-order valence-corrected chi connectivity index (χ0v) is 23.2. The Morgan fingerprint density at radius 2 is 1.17 bits per heavy atom. The van der Waals surface area contributed by atoms with Crippen molar-refractivity contribution < 1.29 is 99.5 Å². The number of phenolic OH excluding ortho intramolecular Hbond substituents is 6. The second-order valence-electron chi connectivity index (χ2n) is 10.8. The Kier molecular flexibility index (Phi) is 7.92. The van der Waals surface area contributed by atoms with E-state index in [4.69, 9.17) is 14.2 Å². The molecule has 0 aromatic heterocycles. The monoisotopic (exact) mass is 668 g/mol. The smallest absolute Gasteiger partial charge is 0.339 e. The van der Waals surface area contributed by atoms with E-state index in [9.17, 15) is 85.3 Å². The molecule has 20 nitrogen and oxygen atoms in total. The van der Waals surface area contributed by atoms with Gasteiger partial charge in [-0.1, -0.05) is 0 Å². The number of carbonyl (C=O) groups excluding carboxylic acids is 3. The third-order valence-corrected chi connectivity index (χ3v) is 8.22. The number of rotatable bonds is 5. The van der Waals surface area contributed by atoms with E-state index in [0.717, 1.165) is 0 Å². The molecule has 0 saturated heterocycles. The Morgan fingerprint density at radius 3 is 1.66 bits per heavy atom. The van der Waals surface area contributed by atoms with E-state index in [1.165, 1.54) is 0 Å². The number of aliphatic hydroxyl groups excluding tert-OH is 4. The van der Waals surface area contributed by atoms with Crippen LogP contribution in [-0.2, 0) is 28.6 Å². The first-order valence-electron chi connectivity index (χ1n) is 13.3. The molecule has 0 aliphatic carbocycles. The third-order valence-electron chi connectivity index (χ3n) is 8.22. The number of hydrogen-bond acceptors (Lipinski definition) is 18. The summed E-state index contributed by atoms with van der Waals surface area (Å²) in [6, 6.07) is 0. The van der Waals surface area contributed by atoms with Gasteiger partial charge in [-0.05, 0) is 0 Å². The maximum atomic E-state index is 14.1. The highest BCUT2D eigenvalue weighted by molar-refractivity contribution is 6.11. The van der Waals surface area contributed by atoms with Crippen LogP contribution in [0.5, 0.6) is 34.5 Å². The molecule has 12 N–H and O–H groups in total. The van der Waals surface area contributed by atoms with Crippen molar-refractivity contribution >= 4 is 29.8 Å². The van der Waals surface area contributed by atoms with Crippen LogP contribution < -0.4 is 0 Å². The molecule has 2 aromatic carbocycles. The Labute approximate surface area is 259 Å². The van der Waals surface area contributed by atoms with Crippen molar-refractivity contribution in [1.82, 2.24) is 0 Å². The number of hydrogen-bond donors (Lipinski definition) is 12. The predicted octanol–water partition coefficient (Wildman–Crippen LogP) is -2.40. The third kappa shape index (κ3) is 4.72. The summed E-state index contributed by atoms with van der Waals surface area (Å²) in [5.74, 6) is -24.0. The highest BCUT2D eigenvalue weighted by Crippen LogP contribution is 2.59. The second-order valence-corrected chi connectivity index (χ2v) is 10.8. The standard InChI is InChI=1S/C27H24O20/c28-2-4-13(31)22-23-18(36)12-11(27(44)47-23)9(16(34)21(39)17(12)35)8-10(26(43)46-22)7(14(32)20(38)15(8)33)6(19(37)24(40)41)3(1-5(29)30)25(42)45-4/h3-4,6,13,18-19,22-23,28,31-39H,1-2H2,(H,29,30)(H,40,41). The Balaban J connectivity index is 2.10. The summed E-state index contributed by atoms with van der Waals surface area (Å²) in [5.41, 5.74) is -7.37. The molecule has 8 atom stereocenters. The van der Waals surface area contributed by atoms with Crippen LogP contribution in [0.25, 0.3) is 11.1 Å². The number of cyclic esters (lactones) is 1. The minimum atomic E-state index is -2.98. The topological polar surface area (TPSA) is 356 Å². The van der Waals surface area contributed by atoms with Gasteiger partial charge in [0.2, 0.25) is 11.5 Å².